The van der Waals surface area contributed by atoms with E-state index in [0.717, 1.165) is 5.56 Å². The number of benzene rings is 1. The van der Waals surface area contributed by atoms with Crippen LogP contribution in [0.1, 0.15) is 11.6 Å². The van der Waals surface area contributed by atoms with E-state index in [4.69, 9.17) is 9.57 Å². The normalized spacial score (nSPS) is 35.6. The van der Waals surface area contributed by atoms with Crippen LogP contribution in [0.25, 0.3) is 0 Å². The Morgan fingerprint density at radius 1 is 1.33 bits per heavy atom. The van der Waals surface area contributed by atoms with Gasteiger partial charge in [-0.2, -0.15) is 5.06 Å². The fraction of sp³-hybridized carbons (Fsp3) is 0.462. The fourth-order valence-corrected chi connectivity index (χ4v) is 2.79. The predicted molar refractivity (Wildman–Crippen MR) is 62.3 cm³/mol. The number of hydroxylamine groups is 2. The maximum Gasteiger partial charge on any atom is 0.314 e. The number of aliphatic hydroxyl groups is 1. The molecule has 2 fully saturated rings. The number of aliphatic hydroxyl groups excluding tert-OH is 1. The van der Waals surface area contributed by atoms with Crippen LogP contribution in [-0.2, 0) is 14.4 Å². The molecule has 96 valence electrons. The lowest BCUT2D eigenvalue weighted by atomic mass is 9.90. The maximum absolute atomic E-state index is 11.9. The predicted octanol–water partition coefficient (Wildman–Crippen LogP) is 0.507. The van der Waals surface area contributed by atoms with E-state index in [1.54, 1.807) is 12.1 Å². The van der Waals surface area contributed by atoms with Crippen LogP contribution in [0.5, 0.6) is 0 Å². The molecule has 5 heteroatoms. The van der Waals surface area contributed by atoms with Crippen molar-refractivity contribution in [3.05, 3.63) is 35.9 Å². The Hall–Kier alpha value is -1.43. The van der Waals surface area contributed by atoms with Gasteiger partial charge in [-0.3, -0.25) is 9.63 Å². The molecule has 3 rings (SSSR count). The summed E-state index contributed by atoms with van der Waals surface area (Å²) in [4.78, 5) is 17.6. The summed E-state index contributed by atoms with van der Waals surface area (Å²) in [6, 6.07) is 9.57. The van der Waals surface area contributed by atoms with Gasteiger partial charge in [0.05, 0.1) is 12.6 Å². The third kappa shape index (κ3) is 1.63. The van der Waals surface area contributed by atoms with Gasteiger partial charge < -0.3 is 9.84 Å². The highest BCUT2D eigenvalue weighted by Gasteiger charge is 2.56. The first-order valence-corrected chi connectivity index (χ1v) is 5.98. The zero-order valence-corrected chi connectivity index (χ0v) is 10.0. The minimum atomic E-state index is -0.557. The first-order chi connectivity index (χ1) is 8.72. The van der Waals surface area contributed by atoms with Crippen LogP contribution in [0.15, 0.2) is 30.3 Å². The van der Waals surface area contributed by atoms with E-state index >= 15 is 0 Å². The summed E-state index contributed by atoms with van der Waals surface area (Å²) in [6.07, 6.45) is -0.948. The standard InChI is InChI=1S/C13H15NO4/c1-14-11(8-5-3-2-4-6-8)10-12(18-14)9(7-15)17-13(10)16/h2-6,9-12,15H,7H2,1H3/t9-,10?,11-,12-/m1/s1. The van der Waals surface area contributed by atoms with Crippen LogP contribution < -0.4 is 0 Å². The van der Waals surface area contributed by atoms with Gasteiger partial charge >= 0.3 is 5.97 Å². The number of carbonyl (C=O) groups is 1. The average Bonchev–Trinajstić information content (AvgIpc) is 2.87. The molecule has 2 heterocycles. The second-order valence-corrected chi connectivity index (χ2v) is 4.66. The van der Waals surface area contributed by atoms with E-state index in [0.29, 0.717) is 0 Å². The molecule has 0 aliphatic carbocycles. The quantitative estimate of drug-likeness (QED) is 0.774. The van der Waals surface area contributed by atoms with Gasteiger partial charge in [-0.15, -0.1) is 0 Å². The summed E-state index contributed by atoms with van der Waals surface area (Å²) in [5.41, 5.74) is 1.02. The van der Waals surface area contributed by atoms with Crippen LogP contribution in [0.2, 0.25) is 0 Å². The van der Waals surface area contributed by atoms with Gasteiger partial charge in [0.15, 0.2) is 6.10 Å². The SMILES string of the molecule is CN1O[C@H]2C(C(=O)O[C@@H]2CO)[C@H]1c1ccccc1. The summed E-state index contributed by atoms with van der Waals surface area (Å²) in [7, 11) is 1.80. The summed E-state index contributed by atoms with van der Waals surface area (Å²) < 4.78 is 5.14. The number of cyclic esters (lactones) is 1. The van der Waals surface area contributed by atoms with Gasteiger partial charge in [0.25, 0.3) is 0 Å². The van der Waals surface area contributed by atoms with Gasteiger partial charge in [-0.25, -0.2) is 0 Å². The molecule has 2 aliphatic heterocycles. The molecule has 0 amide bonds. The van der Waals surface area contributed by atoms with Crippen molar-refractivity contribution in [1.29, 1.82) is 0 Å². The van der Waals surface area contributed by atoms with Gasteiger partial charge in [-0.05, 0) is 5.56 Å². The highest BCUT2D eigenvalue weighted by Crippen LogP contribution is 2.44. The molecule has 1 unspecified atom stereocenters. The van der Waals surface area contributed by atoms with Crippen LogP contribution in [0, 0.1) is 5.92 Å². The van der Waals surface area contributed by atoms with Crippen LogP contribution in [-0.4, -0.2) is 42.0 Å². The first-order valence-electron chi connectivity index (χ1n) is 5.98. The molecular formula is C13H15NO4. The number of fused-ring (bicyclic) bond motifs is 1. The molecule has 5 nitrogen and oxygen atoms in total. The Bertz CT molecular complexity index is 450. The van der Waals surface area contributed by atoms with Crippen molar-refractivity contribution in [2.24, 2.45) is 5.92 Å². The van der Waals surface area contributed by atoms with E-state index in [9.17, 15) is 9.90 Å². The Kier molecular flexibility index (Phi) is 2.81. The lowest BCUT2D eigenvalue weighted by molar-refractivity contribution is -0.180. The molecular weight excluding hydrogens is 234 g/mol. The van der Waals surface area contributed by atoms with Crippen LogP contribution >= 0.6 is 0 Å². The Morgan fingerprint density at radius 3 is 2.72 bits per heavy atom. The zero-order valence-electron chi connectivity index (χ0n) is 10.0. The maximum atomic E-state index is 11.9. The smallest absolute Gasteiger partial charge is 0.314 e. The van der Waals surface area contributed by atoms with E-state index in [2.05, 4.69) is 0 Å². The second kappa shape index (κ2) is 4.35. The molecule has 0 saturated carbocycles. The summed E-state index contributed by atoms with van der Waals surface area (Å²) in [5.74, 6) is -0.660. The summed E-state index contributed by atoms with van der Waals surface area (Å²) >= 11 is 0. The third-order valence-electron chi connectivity index (χ3n) is 3.60. The van der Waals surface area contributed by atoms with Crippen molar-refractivity contribution >= 4 is 5.97 Å². The molecule has 4 atom stereocenters. The van der Waals surface area contributed by atoms with Crippen molar-refractivity contribution in [1.82, 2.24) is 5.06 Å². The minimum absolute atomic E-state index is 0.153. The van der Waals surface area contributed by atoms with Gasteiger partial charge in [0, 0.05) is 7.05 Å². The van der Waals surface area contributed by atoms with Crippen molar-refractivity contribution in [2.45, 2.75) is 18.2 Å². The highest BCUT2D eigenvalue weighted by atomic mass is 16.7. The molecule has 0 spiro atoms. The number of rotatable bonds is 2. The molecule has 1 aromatic rings. The van der Waals surface area contributed by atoms with Crippen molar-refractivity contribution in [2.75, 3.05) is 13.7 Å². The fourth-order valence-electron chi connectivity index (χ4n) is 2.79. The highest BCUT2D eigenvalue weighted by molar-refractivity contribution is 5.77. The van der Waals surface area contributed by atoms with E-state index < -0.39 is 12.2 Å². The van der Waals surface area contributed by atoms with Gasteiger partial charge in [0.1, 0.15) is 12.0 Å². The first kappa shape index (κ1) is 11.6. The molecule has 0 bridgehead atoms. The summed E-state index contributed by atoms with van der Waals surface area (Å²) in [5, 5.41) is 10.9. The number of hydrogen-bond acceptors (Lipinski definition) is 5. The van der Waals surface area contributed by atoms with Crippen molar-refractivity contribution in [3.63, 3.8) is 0 Å². The second-order valence-electron chi connectivity index (χ2n) is 4.66. The van der Waals surface area contributed by atoms with E-state index in [1.807, 2.05) is 30.3 Å². The van der Waals surface area contributed by atoms with E-state index in [-0.39, 0.29) is 24.5 Å². The van der Waals surface area contributed by atoms with Crippen LogP contribution in [0.3, 0.4) is 0 Å². The topological polar surface area (TPSA) is 59.0 Å². The zero-order chi connectivity index (χ0) is 12.7. The molecule has 1 aromatic carbocycles. The molecule has 2 saturated heterocycles. The lowest BCUT2D eigenvalue weighted by Crippen LogP contribution is -2.29. The third-order valence-corrected chi connectivity index (χ3v) is 3.60. The van der Waals surface area contributed by atoms with Crippen molar-refractivity contribution in [3.8, 4) is 0 Å². The largest absolute Gasteiger partial charge is 0.457 e. The molecule has 18 heavy (non-hydrogen) atoms. The number of esters is 1. The molecule has 1 N–H and O–H groups in total. The number of carbonyl (C=O) groups excluding carboxylic acids is 1. The monoisotopic (exact) mass is 249 g/mol. The summed E-state index contributed by atoms with van der Waals surface area (Å²) in [6.45, 7) is -0.206. The minimum Gasteiger partial charge on any atom is -0.457 e. The number of nitrogens with zero attached hydrogens (tertiary/aromatic N) is 1. The van der Waals surface area contributed by atoms with Crippen LogP contribution in [0.4, 0.5) is 0 Å². The van der Waals surface area contributed by atoms with Gasteiger partial charge in [0.2, 0.25) is 0 Å². The Labute approximate surface area is 105 Å². The average molecular weight is 249 g/mol. The van der Waals surface area contributed by atoms with Gasteiger partial charge in [-0.1, -0.05) is 30.3 Å². The Balaban J connectivity index is 1.94. The number of ether oxygens (including phenoxy) is 1. The van der Waals surface area contributed by atoms with Crippen molar-refractivity contribution < 1.29 is 19.5 Å². The van der Waals surface area contributed by atoms with E-state index in [1.165, 1.54) is 0 Å². The lowest BCUT2D eigenvalue weighted by Gasteiger charge is -2.21. The number of hydrogen-bond donors (Lipinski definition) is 1. The molecule has 2 aliphatic rings. The molecule has 0 aromatic heterocycles. The molecule has 0 radical (unpaired) electrons. The Morgan fingerprint density at radius 2 is 2.06 bits per heavy atom.